The number of halogens is 1. The lowest BCUT2D eigenvalue weighted by atomic mass is 10.1. The first kappa shape index (κ1) is 14.6. The molecule has 1 aliphatic heterocycles. The molecule has 1 N–H and O–H groups in total. The van der Waals surface area contributed by atoms with Crippen LogP contribution in [-0.2, 0) is 16.0 Å². The normalized spacial score (nSPS) is 14.1. The zero-order valence-electron chi connectivity index (χ0n) is 10.8. The highest BCUT2D eigenvalue weighted by molar-refractivity contribution is 8.02. The Bertz CT molecular complexity index is 534. The van der Waals surface area contributed by atoms with Crippen molar-refractivity contribution in [3.05, 3.63) is 46.8 Å². The Labute approximate surface area is 121 Å². The molecule has 0 aliphatic carbocycles. The minimum absolute atomic E-state index is 0.208. The minimum atomic E-state index is -0.264. The van der Waals surface area contributed by atoms with E-state index in [0.717, 1.165) is 6.29 Å². The highest BCUT2D eigenvalue weighted by atomic mass is 32.2. The lowest BCUT2D eigenvalue weighted by Gasteiger charge is -2.17. The van der Waals surface area contributed by atoms with E-state index < -0.39 is 0 Å². The maximum atomic E-state index is 13.4. The van der Waals surface area contributed by atoms with E-state index in [1.165, 1.54) is 17.8 Å². The van der Waals surface area contributed by atoms with Crippen molar-refractivity contribution in [1.29, 1.82) is 0 Å². The number of carbonyl (C=O) groups is 2. The van der Waals surface area contributed by atoms with E-state index in [1.807, 2.05) is 0 Å². The quantitative estimate of drug-likeness (QED) is 0.808. The maximum Gasteiger partial charge on any atom is 0.268 e. The van der Waals surface area contributed by atoms with E-state index in [2.05, 4.69) is 5.32 Å². The topological polar surface area (TPSA) is 49.4 Å². The number of nitrogens with one attached hydrogen (secondary N) is 1. The third kappa shape index (κ3) is 3.60. The van der Waals surface area contributed by atoms with Gasteiger partial charge in [-0.3, -0.25) is 4.79 Å². The van der Waals surface area contributed by atoms with Crippen LogP contribution in [0.15, 0.2) is 35.4 Å². The van der Waals surface area contributed by atoms with E-state index in [0.29, 0.717) is 30.1 Å². The summed E-state index contributed by atoms with van der Waals surface area (Å²) in [6.07, 6.45) is 1.21. The van der Waals surface area contributed by atoms with E-state index in [-0.39, 0.29) is 18.3 Å². The summed E-state index contributed by atoms with van der Waals surface area (Å²) in [6.45, 7) is 0.566. The van der Waals surface area contributed by atoms with Gasteiger partial charge >= 0.3 is 0 Å². The predicted octanol–water partition coefficient (Wildman–Crippen LogP) is 1.53. The van der Waals surface area contributed by atoms with Crippen molar-refractivity contribution in [2.24, 2.45) is 0 Å². The van der Waals surface area contributed by atoms with Crippen LogP contribution in [-0.4, -0.2) is 36.1 Å². The highest BCUT2D eigenvalue weighted by Gasteiger charge is 2.21. The molecule has 0 radical (unpaired) electrons. The molecule has 6 heteroatoms. The number of amides is 1. The number of thioether (sulfide) groups is 1. The average Bonchev–Trinajstić information content (AvgIpc) is 2.89. The van der Waals surface area contributed by atoms with Crippen LogP contribution >= 0.6 is 11.8 Å². The summed E-state index contributed by atoms with van der Waals surface area (Å²) < 4.78 is 13.4. The standard InChI is InChI=1S/C14H15FN2O2S/c15-12-4-2-1-3-11(12)5-6-16-14(19)13-9-20-10-17(13)7-8-18/h1-4,8-9H,5-7,10H2,(H,16,19). The minimum Gasteiger partial charge on any atom is -0.350 e. The van der Waals surface area contributed by atoms with E-state index in [9.17, 15) is 14.0 Å². The predicted molar refractivity (Wildman–Crippen MR) is 76.4 cm³/mol. The van der Waals surface area contributed by atoms with Gasteiger partial charge in [0.25, 0.3) is 5.91 Å². The Hall–Kier alpha value is -1.82. The number of hydrogen-bond donors (Lipinski definition) is 1. The average molecular weight is 294 g/mol. The maximum absolute atomic E-state index is 13.4. The van der Waals surface area contributed by atoms with Gasteiger partial charge < -0.3 is 15.0 Å². The van der Waals surface area contributed by atoms with Gasteiger partial charge in [-0.05, 0) is 18.1 Å². The molecular weight excluding hydrogens is 279 g/mol. The summed E-state index contributed by atoms with van der Waals surface area (Å²) in [5.74, 6) is 0.114. The van der Waals surface area contributed by atoms with Crippen molar-refractivity contribution in [3.63, 3.8) is 0 Å². The molecule has 1 amide bonds. The van der Waals surface area contributed by atoms with Crippen molar-refractivity contribution in [1.82, 2.24) is 10.2 Å². The summed E-state index contributed by atoms with van der Waals surface area (Å²) in [6, 6.07) is 6.50. The second kappa shape index (κ2) is 7.09. The Morgan fingerprint density at radius 1 is 1.45 bits per heavy atom. The molecule has 0 bridgehead atoms. The van der Waals surface area contributed by atoms with E-state index >= 15 is 0 Å². The third-order valence-corrected chi connectivity index (χ3v) is 3.78. The first-order chi connectivity index (χ1) is 9.72. The second-order valence-electron chi connectivity index (χ2n) is 4.29. The van der Waals surface area contributed by atoms with Crippen LogP contribution in [0, 0.1) is 5.82 Å². The van der Waals surface area contributed by atoms with Crippen LogP contribution in [0.2, 0.25) is 0 Å². The van der Waals surface area contributed by atoms with Crippen molar-refractivity contribution >= 4 is 24.0 Å². The summed E-state index contributed by atoms with van der Waals surface area (Å²) >= 11 is 1.48. The van der Waals surface area contributed by atoms with Crippen molar-refractivity contribution < 1.29 is 14.0 Å². The molecule has 0 aromatic heterocycles. The molecule has 1 aromatic carbocycles. The Morgan fingerprint density at radius 2 is 2.25 bits per heavy atom. The smallest absolute Gasteiger partial charge is 0.268 e. The SMILES string of the molecule is O=CCN1CSC=C1C(=O)NCCc1ccccc1F. The van der Waals surface area contributed by atoms with Gasteiger partial charge in [-0.25, -0.2) is 4.39 Å². The molecule has 0 atom stereocenters. The Balaban J connectivity index is 1.84. The second-order valence-corrected chi connectivity index (χ2v) is 5.11. The van der Waals surface area contributed by atoms with Crippen LogP contribution in [0.5, 0.6) is 0 Å². The zero-order chi connectivity index (χ0) is 14.4. The molecule has 0 saturated carbocycles. The number of aldehydes is 1. The Morgan fingerprint density at radius 3 is 3.00 bits per heavy atom. The summed E-state index contributed by atoms with van der Waals surface area (Å²) in [5, 5.41) is 4.48. The summed E-state index contributed by atoms with van der Waals surface area (Å²) in [4.78, 5) is 24.2. The molecule has 0 unspecified atom stereocenters. The molecule has 0 fully saturated rings. The molecule has 0 spiro atoms. The number of hydrogen-bond acceptors (Lipinski definition) is 4. The van der Waals surface area contributed by atoms with Gasteiger partial charge in [-0.1, -0.05) is 18.2 Å². The van der Waals surface area contributed by atoms with Crippen LogP contribution in [0.25, 0.3) is 0 Å². The Kier molecular flexibility index (Phi) is 5.17. The molecule has 0 saturated heterocycles. The molecule has 106 valence electrons. The summed E-state index contributed by atoms with van der Waals surface area (Å²) in [7, 11) is 0. The van der Waals surface area contributed by atoms with Crippen LogP contribution in [0.1, 0.15) is 5.56 Å². The molecule has 1 aliphatic rings. The van der Waals surface area contributed by atoms with Gasteiger partial charge in [0.15, 0.2) is 0 Å². The lowest BCUT2D eigenvalue weighted by Crippen LogP contribution is -2.34. The van der Waals surface area contributed by atoms with Gasteiger partial charge in [0, 0.05) is 12.0 Å². The van der Waals surface area contributed by atoms with E-state index in [4.69, 9.17) is 0 Å². The number of rotatable bonds is 6. The lowest BCUT2D eigenvalue weighted by molar-refractivity contribution is -0.119. The van der Waals surface area contributed by atoms with Crippen molar-refractivity contribution in [3.8, 4) is 0 Å². The fourth-order valence-electron chi connectivity index (χ4n) is 1.89. The molecule has 1 heterocycles. The highest BCUT2D eigenvalue weighted by Crippen LogP contribution is 2.22. The van der Waals surface area contributed by atoms with Crippen molar-refractivity contribution in [2.45, 2.75) is 6.42 Å². The van der Waals surface area contributed by atoms with Gasteiger partial charge in [0.2, 0.25) is 0 Å². The molecule has 20 heavy (non-hydrogen) atoms. The van der Waals surface area contributed by atoms with Gasteiger partial charge in [0.1, 0.15) is 17.8 Å². The molecule has 2 rings (SSSR count). The van der Waals surface area contributed by atoms with Crippen LogP contribution < -0.4 is 5.32 Å². The van der Waals surface area contributed by atoms with Gasteiger partial charge in [0.05, 0.1) is 12.4 Å². The summed E-state index contributed by atoms with van der Waals surface area (Å²) in [5.41, 5.74) is 1.07. The number of carbonyl (C=O) groups excluding carboxylic acids is 2. The molecule has 4 nitrogen and oxygen atoms in total. The van der Waals surface area contributed by atoms with Crippen LogP contribution in [0.4, 0.5) is 4.39 Å². The van der Waals surface area contributed by atoms with Gasteiger partial charge in [-0.15, -0.1) is 11.8 Å². The van der Waals surface area contributed by atoms with Crippen molar-refractivity contribution in [2.75, 3.05) is 19.0 Å². The molecular formula is C14H15FN2O2S. The largest absolute Gasteiger partial charge is 0.350 e. The fourth-order valence-corrected chi connectivity index (χ4v) is 2.80. The zero-order valence-corrected chi connectivity index (χ0v) is 11.7. The van der Waals surface area contributed by atoms with E-state index in [1.54, 1.807) is 28.5 Å². The van der Waals surface area contributed by atoms with Crippen LogP contribution in [0.3, 0.4) is 0 Å². The monoisotopic (exact) mass is 294 g/mol. The fraction of sp³-hybridized carbons (Fsp3) is 0.286. The van der Waals surface area contributed by atoms with Gasteiger partial charge in [-0.2, -0.15) is 0 Å². The first-order valence-corrected chi connectivity index (χ1v) is 7.29. The number of nitrogens with zero attached hydrogens (tertiary/aromatic N) is 1. The first-order valence-electron chi connectivity index (χ1n) is 6.24. The third-order valence-electron chi connectivity index (χ3n) is 2.93. The number of benzene rings is 1. The molecule has 1 aromatic rings.